The lowest BCUT2D eigenvalue weighted by atomic mass is 9.90. The summed E-state index contributed by atoms with van der Waals surface area (Å²) in [5.74, 6) is -0.555. The molecular weight excluding hydrogens is 495 g/mol. The molecule has 2 aromatic rings. The highest BCUT2D eigenvalue weighted by molar-refractivity contribution is 7.52. The predicted molar refractivity (Wildman–Crippen MR) is 128 cm³/mol. The van der Waals surface area contributed by atoms with Crippen LogP contribution in [-0.2, 0) is 29.1 Å². The molecule has 2 heterocycles. The first-order valence-electron chi connectivity index (χ1n) is 11.2. The van der Waals surface area contributed by atoms with E-state index >= 15 is 0 Å². The number of nitrogen functional groups attached to an aromatic ring is 1. The fourth-order valence-corrected chi connectivity index (χ4v) is 5.00. The Hall–Kier alpha value is -2.80. The van der Waals surface area contributed by atoms with E-state index in [1.165, 1.54) is 38.2 Å². The van der Waals surface area contributed by atoms with Crippen molar-refractivity contribution < 1.29 is 38.1 Å². The summed E-state index contributed by atoms with van der Waals surface area (Å²) in [7, 11) is -4.25. The van der Waals surface area contributed by atoms with Crippen LogP contribution in [0.5, 0.6) is 5.75 Å². The first-order valence-corrected chi connectivity index (χ1v) is 12.7. The van der Waals surface area contributed by atoms with Gasteiger partial charge in [-0.25, -0.2) is 9.36 Å². The zero-order chi connectivity index (χ0) is 26.7. The van der Waals surface area contributed by atoms with Gasteiger partial charge in [-0.2, -0.15) is 10.1 Å². The van der Waals surface area contributed by atoms with Crippen LogP contribution >= 0.6 is 7.75 Å². The smallest absolute Gasteiger partial charge is 0.459 e. The molecule has 36 heavy (non-hydrogen) atoms. The molecule has 0 spiro atoms. The van der Waals surface area contributed by atoms with Crippen LogP contribution in [0, 0.1) is 0 Å². The SMILES string of the molecule is CC(C)OC(=O)[C@@H](C)NP(=O)(OC[C@H]1OCC(O)(n2ccc(N)nc2=O)[C@]1(C)O)Oc1ccccc1. The third-order valence-corrected chi connectivity index (χ3v) is 7.21. The number of carbonyl (C=O) groups excluding carboxylic acids is 1. The lowest BCUT2D eigenvalue weighted by Crippen LogP contribution is -2.59. The van der Waals surface area contributed by atoms with E-state index in [1.54, 1.807) is 32.0 Å². The normalized spacial score (nSPS) is 26.4. The quantitative estimate of drug-likeness (QED) is 0.252. The molecule has 1 aliphatic rings. The molecule has 0 radical (unpaired) electrons. The van der Waals surface area contributed by atoms with Crippen molar-refractivity contribution in [2.45, 2.75) is 57.3 Å². The van der Waals surface area contributed by atoms with Crippen molar-refractivity contribution in [2.75, 3.05) is 18.9 Å². The van der Waals surface area contributed by atoms with E-state index in [2.05, 4.69) is 10.1 Å². The van der Waals surface area contributed by atoms with Crippen molar-refractivity contribution in [3.8, 4) is 5.75 Å². The van der Waals surface area contributed by atoms with E-state index in [0.717, 1.165) is 4.57 Å². The minimum atomic E-state index is -4.25. The summed E-state index contributed by atoms with van der Waals surface area (Å²) >= 11 is 0. The van der Waals surface area contributed by atoms with Crippen molar-refractivity contribution in [2.24, 2.45) is 0 Å². The molecule has 198 valence electrons. The Morgan fingerprint density at radius 1 is 1.31 bits per heavy atom. The van der Waals surface area contributed by atoms with Gasteiger partial charge in [0.1, 0.15) is 29.3 Å². The molecule has 13 nitrogen and oxygen atoms in total. The van der Waals surface area contributed by atoms with Gasteiger partial charge in [0.2, 0.25) is 5.72 Å². The summed E-state index contributed by atoms with van der Waals surface area (Å²) in [4.78, 5) is 28.2. The summed E-state index contributed by atoms with van der Waals surface area (Å²) < 4.78 is 36.2. The third-order valence-electron chi connectivity index (χ3n) is 5.57. The zero-order valence-corrected chi connectivity index (χ0v) is 21.3. The summed E-state index contributed by atoms with van der Waals surface area (Å²) in [6, 6.07) is 8.31. The average Bonchev–Trinajstić information content (AvgIpc) is 3.01. The molecule has 5 atom stereocenters. The van der Waals surface area contributed by atoms with Crippen molar-refractivity contribution in [1.82, 2.24) is 14.6 Å². The highest BCUT2D eigenvalue weighted by Gasteiger charge is 2.60. The second-order valence-electron chi connectivity index (χ2n) is 8.80. The number of nitrogens with one attached hydrogen (secondary N) is 1. The number of anilines is 1. The molecule has 1 saturated heterocycles. The average molecular weight is 526 g/mol. The van der Waals surface area contributed by atoms with Gasteiger partial charge in [0.25, 0.3) is 0 Å². The van der Waals surface area contributed by atoms with Gasteiger partial charge in [-0.3, -0.25) is 13.9 Å². The molecule has 5 N–H and O–H groups in total. The first-order chi connectivity index (χ1) is 16.8. The Labute approximate surface area is 207 Å². The fraction of sp³-hybridized carbons (Fsp3) is 0.500. The van der Waals surface area contributed by atoms with E-state index in [-0.39, 0.29) is 11.6 Å². The molecule has 1 fully saturated rings. The number of esters is 1. The monoisotopic (exact) mass is 526 g/mol. The molecule has 3 rings (SSSR count). The highest BCUT2D eigenvalue weighted by Crippen LogP contribution is 2.47. The number of aliphatic hydroxyl groups is 2. The summed E-state index contributed by atoms with van der Waals surface area (Å²) in [6.07, 6.45) is -0.485. The largest absolute Gasteiger partial charge is 0.462 e. The van der Waals surface area contributed by atoms with Crippen LogP contribution in [0.1, 0.15) is 27.7 Å². The Morgan fingerprint density at radius 2 is 1.97 bits per heavy atom. The molecule has 2 unspecified atom stereocenters. The van der Waals surface area contributed by atoms with Crippen LogP contribution in [0.15, 0.2) is 47.4 Å². The molecule has 0 saturated carbocycles. The third kappa shape index (κ3) is 5.94. The predicted octanol–water partition coefficient (Wildman–Crippen LogP) is 0.754. The Kier molecular flexibility index (Phi) is 8.23. The summed E-state index contributed by atoms with van der Waals surface area (Å²) in [5.41, 5.74) is 0.269. The van der Waals surface area contributed by atoms with Crippen LogP contribution in [0.25, 0.3) is 0 Å². The lowest BCUT2D eigenvalue weighted by molar-refractivity contribution is -0.175. The first kappa shape index (κ1) is 27.8. The minimum Gasteiger partial charge on any atom is -0.462 e. The van der Waals surface area contributed by atoms with E-state index in [0.29, 0.717) is 0 Å². The second kappa shape index (κ2) is 10.7. The van der Waals surface area contributed by atoms with Gasteiger partial charge in [-0.1, -0.05) is 18.2 Å². The zero-order valence-electron chi connectivity index (χ0n) is 20.4. The van der Waals surface area contributed by atoms with E-state index < -0.39 is 62.2 Å². The molecular formula is C22H31N4O9P. The van der Waals surface area contributed by atoms with Crippen LogP contribution in [-0.4, -0.2) is 62.8 Å². The maximum absolute atomic E-state index is 13.6. The molecule has 0 aliphatic carbocycles. The Morgan fingerprint density at radius 3 is 2.58 bits per heavy atom. The van der Waals surface area contributed by atoms with Gasteiger partial charge in [0.15, 0.2) is 0 Å². The van der Waals surface area contributed by atoms with Gasteiger partial charge in [-0.15, -0.1) is 0 Å². The number of ether oxygens (including phenoxy) is 2. The molecule has 0 bridgehead atoms. The molecule has 1 aromatic heterocycles. The molecule has 0 amide bonds. The Bertz CT molecular complexity index is 1170. The van der Waals surface area contributed by atoms with Gasteiger partial charge >= 0.3 is 19.4 Å². The van der Waals surface area contributed by atoms with Gasteiger partial charge in [-0.05, 0) is 45.9 Å². The number of nitrogens with zero attached hydrogens (tertiary/aromatic N) is 2. The van der Waals surface area contributed by atoms with Gasteiger partial charge < -0.3 is 29.9 Å². The van der Waals surface area contributed by atoms with Gasteiger partial charge in [0.05, 0.1) is 19.3 Å². The molecule has 1 aliphatic heterocycles. The standard InChI is InChI=1S/C22H31N4O9P/c1-14(2)34-19(27)15(3)25-36(31,35-16-8-6-5-7-9-16)33-12-17-21(4,29)22(30,13-32-17)26-11-10-18(23)24-20(26)28/h5-11,14-15,17,29-30H,12-13H2,1-4H3,(H,25,31)(H2,23,24,28)/t15-,17-,21-,22?,36?/m1/s1. The topological polar surface area (TPSA) is 184 Å². The molecule has 14 heteroatoms. The van der Waals surface area contributed by atoms with E-state index in [4.69, 9.17) is 24.3 Å². The van der Waals surface area contributed by atoms with Crippen LogP contribution in [0.2, 0.25) is 0 Å². The lowest BCUT2D eigenvalue weighted by Gasteiger charge is -2.37. The van der Waals surface area contributed by atoms with E-state index in [9.17, 15) is 24.4 Å². The summed E-state index contributed by atoms with van der Waals surface area (Å²) in [5, 5.41) is 24.9. The van der Waals surface area contributed by atoms with Crippen molar-refractivity contribution in [3.05, 3.63) is 53.1 Å². The highest BCUT2D eigenvalue weighted by atomic mass is 31.2. The van der Waals surface area contributed by atoms with Crippen molar-refractivity contribution in [1.29, 1.82) is 0 Å². The number of nitrogens with two attached hydrogens (primary N) is 1. The van der Waals surface area contributed by atoms with E-state index in [1.807, 2.05) is 0 Å². The number of benzene rings is 1. The van der Waals surface area contributed by atoms with Crippen LogP contribution in [0.3, 0.4) is 0 Å². The number of carbonyl (C=O) groups is 1. The number of aromatic nitrogens is 2. The molecule has 1 aromatic carbocycles. The maximum Gasteiger partial charge on any atom is 0.459 e. The number of hydrogen-bond acceptors (Lipinski definition) is 11. The maximum atomic E-state index is 13.6. The van der Waals surface area contributed by atoms with Crippen molar-refractivity contribution >= 4 is 19.5 Å². The van der Waals surface area contributed by atoms with Crippen LogP contribution < -0.4 is 21.0 Å². The van der Waals surface area contributed by atoms with Gasteiger partial charge in [0, 0.05) is 6.20 Å². The fourth-order valence-electron chi connectivity index (χ4n) is 3.50. The second-order valence-corrected chi connectivity index (χ2v) is 10.5. The minimum absolute atomic E-state index is 0.0616. The number of rotatable bonds is 10. The van der Waals surface area contributed by atoms with Crippen molar-refractivity contribution in [3.63, 3.8) is 0 Å². The van der Waals surface area contributed by atoms with Crippen LogP contribution in [0.4, 0.5) is 5.82 Å². The summed E-state index contributed by atoms with van der Waals surface area (Å²) in [6.45, 7) is 4.95. The Balaban J connectivity index is 1.81. The number of hydrogen-bond donors (Lipinski definition) is 4. The number of para-hydroxylation sites is 1.